The number of benzene rings is 2. The van der Waals surface area contributed by atoms with Crippen molar-refractivity contribution < 1.29 is 14.3 Å². The van der Waals surface area contributed by atoms with E-state index in [-0.39, 0.29) is 11.6 Å². The summed E-state index contributed by atoms with van der Waals surface area (Å²) in [5, 5.41) is 13.1. The first-order valence-electron chi connectivity index (χ1n) is 10.6. The summed E-state index contributed by atoms with van der Waals surface area (Å²) < 4.78 is 5.05. The van der Waals surface area contributed by atoms with Gasteiger partial charge in [0.15, 0.2) is 5.69 Å². The van der Waals surface area contributed by atoms with Gasteiger partial charge in [-0.05, 0) is 54.4 Å². The van der Waals surface area contributed by atoms with Crippen molar-refractivity contribution in [1.82, 2.24) is 20.2 Å². The number of carbonyl (C=O) groups is 2. The summed E-state index contributed by atoms with van der Waals surface area (Å²) in [6, 6.07) is 16.9. The molecule has 0 atom stereocenters. The van der Waals surface area contributed by atoms with Crippen molar-refractivity contribution in [2.75, 3.05) is 11.9 Å². The van der Waals surface area contributed by atoms with Crippen molar-refractivity contribution in [2.45, 2.75) is 6.92 Å². The van der Waals surface area contributed by atoms with Crippen LogP contribution in [-0.4, -0.2) is 38.6 Å². The van der Waals surface area contributed by atoms with Gasteiger partial charge in [-0.1, -0.05) is 18.2 Å². The van der Waals surface area contributed by atoms with E-state index in [0.717, 1.165) is 27.2 Å². The number of aromatic amines is 1. The van der Waals surface area contributed by atoms with E-state index in [2.05, 4.69) is 25.5 Å². The number of carbonyl (C=O) groups excluding carboxylic acids is 2. The van der Waals surface area contributed by atoms with Gasteiger partial charge in [0.2, 0.25) is 0 Å². The number of rotatable bonds is 6. The molecule has 2 N–H and O–H groups in total. The lowest BCUT2D eigenvalue weighted by molar-refractivity contribution is 0.0521. The molecule has 0 aliphatic carbocycles. The number of anilines is 1. The van der Waals surface area contributed by atoms with Gasteiger partial charge in [0.25, 0.3) is 5.91 Å². The molecule has 3 aromatic heterocycles. The highest BCUT2D eigenvalue weighted by Crippen LogP contribution is 2.27. The first-order chi connectivity index (χ1) is 16.6. The minimum Gasteiger partial charge on any atom is -0.461 e. The molecule has 5 aromatic rings. The summed E-state index contributed by atoms with van der Waals surface area (Å²) in [6.45, 7) is 2.05. The molecule has 9 heteroatoms. The fourth-order valence-corrected chi connectivity index (χ4v) is 4.31. The van der Waals surface area contributed by atoms with Crippen LogP contribution < -0.4 is 5.32 Å². The first kappa shape index (κ1) is 21.5. The lowest BCUT2D eigenvalue weighted by Crippen LogP contribution is -2.12. The van der Waals surface area contributed by atoms with Crippen molar-refractivity contribution in [1.29, 1.82) is 0 Å². The quantitative estimate of drug-likeness (QED) is 0.332. The van der Waals surface area contributed by atoms with Crippen LogP contribution in [0.15, 0.2) is 72.4 Å². The van der Waals surface area contributed by atoms with Crippen LogP contribution in [0.1, 0.15) is 27.9 Å². The second kappa shape index (κ2) is 9.24. The number of pyridine rings is 1. The molecule has 2 aromatic carbocycles. The average molecular weight is 470 g/mol. The summed E-state index contributed by atoms with van der Waals surface area (Å²) in [4.78, 5) is 33.1. The highest BCUT2D eigenvalue weighted by Gasteiger charge is 2.16. The number of hydrogen-bond acceptors (Lipinski definition) is 7. The molecule has 0 radical (unpaired) electrons. The molecule has 1 amide bonds. The molecule has 0 bridgehead atoms. The molecule has 0 fully saturated rings. The number of ether oxygens (including phenoxy) is 1. The largest absolute Gasteiger partial charge is 0.461 e. The van der Waals surface area contributed by atoms with Crippen molar-refractivity contribution in [2.24, 2.45) is 0 Å². The van der Waals surface area contributed by atoms with E-state index in [9.17, 15) is 9.59 Å². The fraction of sp³-hybridized carbons (Fsp3) is 0.0800. The molecule has 5 rings (SSSR count). The van der Waals surface area contributed by atoms with Gasteiger partial charge in [0, 0.05) is 34.4 Å². The maximum absolute atomic E-state index is 12.6. The van der Waals surface area contributed by atoms with E-state index in [1.807, 2.05) is 54.6 Å². The Hall–Kier alpha value is -4.37. The normalized spacial score (nSPS) is 10.9. The second-order valence-corrected chi connectivity index (χ2v) is 8.22. The number of fused-ring (bicyclic) bond motifs is 1. The Morgan fingerprint density at radius 3 is 2.53 bits per heavy atom. The number of nitrogens with one attached hydrogen (secondary N) is 2. The van der Waals surface area contributed by atoms with Crippen LogP contribution in [-0.2, 0) is 4.74 Å². The molecule has 0 aliphatic heterocycles. The van der Waals surface area contributed by atoms with Crippen LogP contribution in [0.3, 0.4) is 0 Å². The summed E-state index contributed by atoms with van der Waals surface area (Å²) in [5.74, 6) is -0.718. The van der Waals surface area contributed by atoms with Crippen LogP contribution in [0.2, 0.25) is 0 Å². The third kappa shape index (κ3) is 4.28. The SMILES string of the molecule is CCOC(=O)c1n[nH]c2cc(-c3ccc(NC(=O)c4csc(-c5ccncc5)n4)cc3)ccc12. The predicted molar refractivity (Wildman–Crippen MR) is 131 cm³/mol. The van der Waals surface area contributed by atoms with Gasteiger partial charge < -0.3 is 10.1 Å². The Morgan fingerprint density at radius 2 is 1.76 bits per heavy atom. The molecule has 3 heterocycles. The smallest absolute Gasteiger partial charge is 0.359 e. The predicted octanol–water partition coefficient (Wildman–Crippen LogP) is 5.18. The minimum absolute atomic E-state index is 0.269. The molecule has 0 spiro atoms. The van der Waals surface area contributed by atoms with Crippen LogP contribution in [0.25, 0.3) is 32.6 Å². The minimum atomic E-state index is -0.449. The standard InChI is InChI=1S/C25H19N5O3S/c1-2-33-25(32)22-19-8-5-17(13-20(19)29-30-22)15-3-6-18(7-4-15)27-23(31)21-14-34-24(28-21)16-9-11-26-12-10-16/h3-14H,2H2,1H3,(H,27,31)(H,29,30). The van der Waals surface area contributed by atoms with Gasteiger partial charge in [0.05, 0.1) is 12.1 Å². The lowest BCUT2D eigenvalue weighted by Gasteiger charge is -2.06. The Balaban J connectivity index is 1.30. The summed E-state index contributed by atoms with van der Waals surface area (Å²) in [6.07, 6.45) is 3.39. The molecule has 0 saturated carbocycles. The van der Waals surface area contributed by atoms with Gasteiger partial charge in [-0.2, -0.15) is 5.10 Å². The average Bonchev–Trinajstić information content (AvgIpc) is 3.53. The van der Waals surface area contributed by atoms with Crippen LogP contribution in [0.5, 0.6) is 0 Å². The number of esters is 1. The summed E-state index contributed by atoms with van der Waals surface area (Å²) >= 11 is 1.41. The third-order valence-electron chi connectivity index (χ3n) is 5.17. The number of aromatic nitrogens is 4. The third-order valence-corrected chi connectivity index (χ3v) is 6.06. The molecule has 0 saturated heterocycles. The summed E-state index contributed by atoms with van der Waals surface area (Å²) in [7, 11) is 0. The van der Waals surface area contributed by atoms with Gasteiger partial charge in [-0.3, -0.25) is 14.9 Å². The van der Waals surface area contributed by atoms with Crippen molar-refractivity contribution in [3.63, 3.8) is 0 Å². The maximum Gasteiger partial charge on any atom is 0.359 e. The van der Waals surface area contributed by atoms with Gasteiger partial charge in [-0.25, -0.2) is 9.78 Å². The zero-order valence-electron chi connectivity index (χ0n) is 18.1. The Kier molecular flexibility index (Phi) is 5.84. The highest BCUT2D eigenvalue weighted by molar-refractivity contribution is 7.13. The zero-order chi connectivity index (χ0) is 23.5. The van der Waals surface area contributed by atoms with Crippen molar-refractivity contribution in [3.8, 4) is 21.7 Å². The van der Waals surface area contributed by atoms with Crippen LogP contribution >= 0.6 is 11.3 Å². The molecule has 0 aliphatic rings. The molecular weight excluding hydrogens is 450 g/mol. The fourth-order valence-electron chi connectivity index (χ4n) is 3.50. The number of H-pyrrole nitrogens is 1. The highest BCUT2D eigenvalue weighted by atomic mass is 32.1. The number of amides is 1. The first-order valence-corrected chi connectivity index (χ1v) is 11.4. The molecule has 34 heavy (non-hydrogen) atoms. The van der Waals surface area contributed by atoms with E-state index in [4.69, 9.17) is 4.74 Å². The summed E-state index contributed by atoms with van der Waals surface area (Å²) in [5.41, 5.74) is 4.88. The Bertz CT molecular complexity index is 1480. The van der Waals surface area contributed by atoms with Gasteiger partial charge in [0.1, 0.15) is 10.7 Å². The Morgan fingerprint density at radius 1 is 1.00 bits per heavy atom. The second-order valence-electron chi connectivity index (χ2n) is 7.36. The van der Waals surface area contributed by atoms with Crippen LogP contribution in [0.4, 0.5) is 5.69 Å². The van der Waals surface area contributed by atoms with E-state index in [1.165, 1.54) is 11.3 Å². The monoisotopic (exact) mass is 469 g/mol. The number of thiazole rings is 1. The number of nitrogens with zero attached hydrogens (tertiary/aromatic N) is 3. The topological polar surface area (TPSA) is 110 Å². The molecule has 8 nitrogen and oxygen atoms in total. The molecular formula is C25H19N5O3S. The van der Waals surface area contributed by atoms with E-state index in [0.29, 0.717) is 23.4 Å². The van der Waals surface area contributed by atoms with Crippen LogP contribution in [0, 0.1) is 0 Å². The van der Waals surface area contributed by atoms with E-state index < -0.39 is 5.97 Å². The van der Waals surface area contributed by atoms with Crippen molar-refractivity contribution in [3.05, 3.63) is 83.8 Å². The Labute approximate surface area is 198 Å². The van der Waals surface area contributed by atoms with Gasteiger partial charge in [-0.15, -0.1) is 11.3 Å². The molecule has 168 valence electrons. The van der Waals surface area contributed by atoms with Gasteiger partial charge >= 0.3 is 5.97 Å². The maximum atomic E-state index is 12.6. The number of hydrogen-bond donors (Lipinski definition) is 2. The van der Waals surface area contributed by atoms with E-state index in [1.54, 1.807) is 24.7 Å². The molecule has 0 unspecified atom stereocenters. The zero-order valence-corrected chi connectivity index (χ0v) is 18.9. The van der Waals surface area contributed by atoms with E-state index >= 15 is 0 Å². The lowest BCUT2D eigenvalue weighted by atomic mass is 10.0. The van der Waals surface area contributed by atoms with Crippen molar-refractivity contribution >= 4 is 39.8 Å².